The third-order valence-electron chi connectivity index (χ3n) is 5.71. The first kappa shape index (κ1) is 23.0. The Labute approximate surface area is 196 Å². The minimum atomic E-state index is -0.567. The van der Waals surface area contributed by atoms with Crippen LogP contribution in [0.2, 0.25) is 0 Å². The van der Waals surface area contributed by atoms with Crippen LogP contribution >= 0.6 is 0 Å². The fourth-order valence-corrected chi connectivity index (χ4v) is 3.96. The highest BCUT2D eigenvalue weighted by molar-refractivity contribution is 5.62. The molecule has 3 heterocycles. The highest BCUT2D eigenvalue weighted by Gasteiger charge is 2.20. The van der Waals surface area contributed by atoms with Crippen LogP contribution in [0.15, 0.2) is 69.1 Å². The molecule has 176 valence electrons. The number of hydrogen-bond acceptors (Lipinski definition) is 6. The predicted molar refractivity (Wildman–Crippen MR) is 133 cm³/mol. The van der Waals surface area contributed by atoms with Crippen LogP contribution in [0.25, 0.3) is 5.65 Å². The molecule has 0 fully saturated rings. The number of nitrogens with one attached hydrogen (secondary N) is 1. The number of H-pyrrole nitrogens is 1. The number of aromatic nitrogens is 4. The van der Waals surface area contributed by atoms with Crippen molar-refractivity contribution in [3.05, 3.63) is 103 Å². The van der Waals surface area contributed by atoms with Crippen molar-refractivity contribution in [1.29, 1.82) is 0 Å². The number of hydrogen-bond donors (Lipinski definition) is 2. The first-order chi connectivity index (χ1) is 16.4. The van der Waals surface area contributed by atoms with E-state index >= 15 is 0 Å². The molecule has 9 nitrogen and oxygen atoms in total. The smallest absolute Gasteiger partial charge is 0.330 e. The van der Waals surface area contributed by atoms with E-state index in [1.54, 1.807) is 17.2 Å². The Morgan fingerprint density at radius 1 is 1.09 bits per heavy atom. The normalized spacial score (nSPS) is 11.1. The van der Waals surface area contributed by atoms with E-state index in [1.807, 2.05) is 50.2 Å². The number of benzene rings is 1. The summed E-state index contributed by atoms with van der Waals surface area (Å²) in [6, 6.07) is 14.6. The molecule has 0 amide bonds. The number of pyridine rings is 1. The Morgan fingerprint density at radius 2 is 1.85 bits per heavy atom. The Bertz CT molecular complexity index is 1490. The summed E-state index contributed by atoms with van der Waals surface area (Å²) in [4.78, 5) is 47.0. The maximum absolute atomic E-state index is 12.9. The third kappa shape index (κ3) is 4.78. The molecule has 0 saturated carbocycles. The fraction of sp³-hybridized carbons (Fsp3) is 0.280. The minimum Gasteiger partial charge on any atom is -0.383 e. The van der Waals surface area contributed by atoms with Crippen LogP contribution in [-0.4, -0.2) is 25.5 Å². The lowest BCUT2D eigenvalue weighted by Gasteiger charge is -2.26. The number of fused-ring (bicyclic) bond motifs is 1. The summed E-state index contributed by atoms with van der Waals surface area (Å²) in [5.74, 6) is 0.0850. The number of nitrogen functional groups attached to an aromatic ring is 1. The molecule has 0 unspecified atom stereocenters. The Hall–Kier alpha value is -4.14. The SMILES string of the molecule is CCCCN(Cc1cc(=O)n2cc(C)ccc2n1)c1c(N)n(Cc2ccccc2)c(=O)[nH]c1=O. The maximum Gasteiger partial charge on any atom is 0.330 e. The average Bonchev–Trinajstić information content (AvgIpc) is 2.81. The minimum absolute atomic E-state index is 0.0850. The van der Waals surface area contributed by atoms with Crippen LogP contribution in [0.3, 0.4) is 0 Å². The summed E-state index contributed by atoms with van der Waals surface area (Å²) in [6.07, 6.45) is 3.43. The maximum atomic E-state index is 12.9. The van der Waals surface area contributed by atoms with Crippen molar-refractivity contribution in [2.75, 3.05) is 17.2 Å². The lowest BCUT2D eigenvalue weighted by atomic mass is 10.2. The molecule has 0 aliphatic heterocycles. The molecule has 1 aromatic carbocycles. The van der Waals surface area contributed by atoms with Crippen LogP contribution in [0, 0.1) is 6.92 Å². The van der Waals surface area contributed by atoms with Crippen molar-refractivity contribution in [1.82, 2.24) is 18.9 Å². The van der Waals surface area contributed by atoms with Gasteiger partial charge in [-0.1, -0.05) is 49.7 Å². The summed E-state index contributed by atoms with van der Waals surface area (Å²) >= 11 is 0. The number of aryl methyl sites for hydroxylation is 1. The van der Waals surface area contributed by atoms with Crippen LogP contribution < -0.4 is 27.4 Å². The summed E-state index contributed by atoms with van der Waals surface area (Å²) < 4.78 is 2.85. The summed E-state index contributed by atoms with van der Waals surface area (Å²) in [7, 11) is 0. The molecule has 0 radical (unpaired) electrons. The second-order valence-corrected chi connectivity index (χ2v) is 8.36. The summed E-state index contributed by atoms with van der Waals surface area (Å²) in [5.41, 5.74) is 8.17. The number of anilines is 2. The van der Waals surface area contributed by atoms with Crippen molar-refractivity contribution in [3.63, 3.8) is 0 Å². The van der Waals surface area contributed by atoms with Gasteiger partial charge in [-0.05, 0) is 30.5 Å². The number of aromatic amines is 1. The summed E-state index contributed by atoms with van der Waals surface area (Å²) in [5, 5.41) is 0. The molecule has 0 bridgehead atoms. The van der Waals surface area contributed by atoms with E-state index in [-0.39, 0.29) is 30.2 Å². The van der Waals surface area contributed by atoms with Gasteiger partial charge in [0.2, 0.25) is 0 Å². The molecular formula is C25H28N6O3. The monoisotopic (exact) mass is 460 g/mol. The van der Waals surface area contributed by atoms with Crippen LogP contribution in [-0.2, 0) is 13.1 Å². The van der Waals surface area contributed by atoms with Gasteiger partial charge in [-0.25, -0.2) is 9.78 Å². The van der Waals surface area contributed by atoms with E-state index in [0.717, 1.165) is 24.0 Å². The largest absolute Gasteiger partial charge is 0.383 e. The average molecular weight is 461 g/mol. The molecule has 34 heavy (non-hydrogen) atoms. The zero-order valence-corrected chi connectivity index (χ0v) is 19.3. The van der Waals surface area contributed by atoms with Crippen molar-refractivity contribution < 1.29 is 0 Å². The van der Waals surface area contributed by atoms with Gasteiger partial charge in [-0.2, -0.15) is 0 Å². The zero-order valence-electron chi connectivity index (χ0n) is 19.3. The zero-order chi connectivity index (χ0) is 24.2. The molecular weight excluding hydrogens is 432 g/mol. The van der Waals surface area contributed by atoms with E-state index in [9.17, 15) is 14.4 Å². The second-order valence-electron chi connectivity index (χ2n) is 8.36. The lowest BCUT2D eigenvalue weighted by Crippen LogP contribution is -2.39. The first-order valence-electron chi connectivity index (χ1n) is 11.3. The van der Waals surface area contributed by atoms with E-state index in [0.29, 0.717) is 17.9 Å². The molecule has 0 saturated heterocycles. The predicted octanol–water partition coefficient (Wildman–Crippen LogP) is 2.29. The lowest BCUT2D eigenvalue weighted by molar-refractivity contribution is 0.682. The standard InChI is InChI=1S/C25H28N6O3/c1-3-4-12-29(16-19-13-21(32)30-14-17(2)10-11-20(30)27-19)22-23(26)31(25(34)28-24(22)33)15-18-8-6-5-7-9-18/h5-11,13-14H,3-4,12,15-16,26H2,1-2H3,(H,28,33,34). The molecule has 3 N–H and O–H groups in total. The fourth-order valence-electron chi connectivity index (χ4n) is 3.96. The van der Waals surface area contributed by atoms with E-state index in [2.05, 4.69) is 9.97 Å². The Kier molecular flexibility index (Phi) is 6.62. The van der Waals surface area contributed by atoms with Crippen molar-refractivity contribution in [3.8, 4) is 0 Å². The molecule has 0 spiro atoms. The number of nitrogens with zero attached hydrogens (tertiary/aromatic N) is 4. The van der Waals surface area contributed by atoms with Crippen LogP contribution in [0.5, 0.6) is 0 Å². The molecule has 3 aromatic heterocycles. The molecule has 4 rings (SSSR count). The Balaban J connectivity index is 1.77. The van der Waals surface area contributed by atoms with Crippen LogP contribution in [0.1, 0.15) is 36.6 Å². The van der Waals surface area contributed by atoms with Gasteiger partial charge in [-0.15, -0.1) is 0 Å². The van der Waals surface area contributed by atoms with Crippen LogP contribution in [0.4, 0.5) is 11.5 Å². The Morgan fingerprint density at radius 3 is 2.59 bits per heavy atom. The summed E-state index contributed by atoms with van der Waals surface area (Å²) in [6.45, 7) is 4.90. The molecule has 4 aromatic rings. The van der Waals surface area contributed by atoms with E-state index < -0.39 is 11.2 Å². The van der Waals surface area contributed by atoms with Gasteiger partial charge in [0.05, 0.1) is 18.8 Å². The first-order valence-corrected chi connectivity index (χ1v) is 11.3. The molecule has 9 heteroatoms. The van der Waals surface area contributed by atoms with Crippen molar-refractivity contribution in [2.24, 2.45) is 0 Å². The van der Waals surface area contributed by atoms with Gasteiger partial charge in [0, 0.05) is 18.8 Å². The number of unbranched alkanes of at least 4 members (excludes halogenated alkanes) is 1. The van der Waals surface area contributed by atoms with Gasteiger partial charge in [0.25, 0.3) is 11.1 Å². The van der Waals surface area contributed by atoms with Gasteiger partial charge >= 0.3 is 5.69 Å². The van der Waals surface area contributed by atoms with Gasteiger partial charge in [0.15, 0.2) is 0 Å². The van der Waals surface area contributed by atoms with Gasteiger partial charge in [-0.3, -0.25) is 23.5 Å². The molecule has 0 aliphatic carbocycles. The number of rotatable bonds is 8. The van der Waals surface area contributed by atoms with Crippen molar-refractivity contribution >= 4 is 17.2 Å². The third-order valence-corrected chi connectivity index (χ3v) is 5.71. The topological polar surface area (TPSA) is 118 Å². The molecule has 0 aliphatic rings. The van der Waals surface area contributed by atoms with E-state index in [1.165, 1.54) is 15.0 Å². The van der Waals surface area contributed by atoms with Crippen molar-refractivity contribution in [2.45, 2.75) is 39.8 Å². The highest BCUT2D eigenvalue weighted by Crippen LogP contribution is 2.20. The van der Waals surface area contributed by atoms with Gasteiger partial charge in [0.1, 0.15) is 17.2 Å². The quantitative estimate of drug-likeness (QED) is 0.417. The van der Waals surface area contributed by atoms with E-state index in [4.69, 9.17) is 5.73 Å². The number of nitrogens with two attached hydrogens (primary N) is 1. The van der Waals surface area contributed by atoms with Gasteiger partial charge < -0.3 is 10.6 Å². The molecule has 0 atom stereocenters. The highest BCUT2D eigenvalue weighted by atomic mass is 16.2. The second kappa shape index (κ2) is 9.78.